The zero-order valence-corrected chi connectivity index (χ0v) is 11.4. The Hall–Kier alpha value is 0.140. The average Bonchev–Trinajstić information content (AvgIpc) is 2.63. The fourth-order valence-corrected chi connectivity index (χ4v) is 10.4. The summed E-state index contributed by atoms with van der Waals surface area (Å²) in [5.41, 5.74) is -2.36. The van der Waals surface area contributed by atoms with Crippen molar-refractivity contribution in [3.63, 3.8) is 0 Å². The first kappa shape index (κ1) is 13.2. The quantitative estimate of drug-likeness (QED) is 0.575. The molecule has 0 aromatic rings. The van der Waals surface area contributed by atoms with E-state index in [9.17, 15) is 9.36 Å². The van der Waals surface area contributed by atoms with E-state index >= 15 is 0 Å². The molecule has 0 aromatic carbocycles. The van der Waals surface area contributed by atoms with Crippen LogP contribution >= 0.6 is 28.3 Å². The second-order valence-corrected chi connectivity index (χ2v) is 11.2. The molecule has 0 atom stereocenters. The highest BCUT2D eigenvalue weighted by Gasteiger charge is 2.34. The van der Waals surface area contributed by atoms with Gasteiger partial charge in [-0.15, -0.1) is 0 Å². The Balaban J connectivity index is 2.65. The predicted octanol–water partition coefficient (Wildman–Crippen LogP) is 3.52. The van der Waals surface area contributed by atoms with Gasteiger partial charge in [0.15, 0.2) is 0 Å². The maximum Gasteiger partial charge on any atom is 0.310 e. The Bertz CT molecular complexity index is 304. The molecule has 15 heavy (non-hydrogen) atoms. The van der Waals surface area contributed by atoms with Gasteiger partial charge in [0.05, 0.1) is 13.0 Å². The number of esters is 1. The molecule has 0 bridgehead atoms. The Labute approximate surface area is 98.3 Å². The molecule has 1 heterocycles. The summed E-state index contributed by atoms with van der Waals surface area (Å²) in [5.74, 6) is 1.53. The van der Waals surface area contributed by atoms with Gasteiger partial charge in [-0.1, -0.05) is 28.8 Å². The molecule has 0 amide bonds. The van der Waals surface area contributed by atoms with Gasteiger partial charge >= 0.3 is 5.97 Å². The van der Waals surface area contributed by atoms with Crippen molar-refractivity contribution in [1.82, 2.24) is 0 Å². The van der Waals surface area contributed by atoms with Gasteiger partial charge in [-0.3, -0.25) is 9.36 Å². The van der Waals surface area contributed by atoms with Crippen LogP contribution in [-0.2, 0) is 14.1 Å². The summed E-state index contributed by atoms with van der Waals surface area (Å²) < 4.78 is 17.2. The predicted molar refractivity (Wildman–Crippen MR) is 67.5 cm³/mol. The lowest BCUT2D eigenvalue weighted by Gasteiger charge is -2.12. The summed E-state index contributed by atoms with van der Waals surface area (Å²) >= 11 is 2.96. The Morgan fingerprint density at radius 2 is 2.07 bits per heavy atom. The molecule has 0 aliphatic carbocycles. The molecule has 86 valence electrons. The van der Waals surface area contributed by atoms with Crippen molar-refractivity contribution in [2.24, 2.45) is 0 Å². The number of ether oxygens (including phenoxy) is 1. The van der Waals surface area contributed by atoms with Crippen LogP contribution < -0.4 is 0 Å². The first-order valence-corrected chi connectivity index (χ1v) is 9.71. The number of allylic oxidation sites excluding steroid dienone is 1. The normalized spacial score (nSPS) is 20.3. The van der Waals surface area contributed by atoms with E-state index < -0.39 is 5.55 Å². The summed E-state index contributed by atoms with van der Waals surface area (Å²) in [7, 11) is 0. The highest BCUT2D eigenvalue weighted by molar-refractivity contribution is 8.93. The van der Waals surface area contributed by atoms with E-state index in [1.54, 1.807) is 13.0 Å². The van der Waals surface area contributed by atoms with Crippen molar-refractivity contribution >= 4 is 34.3 Å². The molecule has 3 nitrogen and oxygen atoms in total. The largest absolute Gasteiger partial charge is 0.466 e. The lowest BCUT2D eigenvalue weighted by atomic mass is 10.4. The number of rotatable bonds is 4. The highest BCUT2D eigenvalue weighted by Crippen LogP contribution is 2.78. The van der Waals surface area contributed by atoms with Gasteiger partial charge in [-0.25, -0.2) is 0 Å². The Kier molecular flexibility index (Phi) is 5.30. The van der Waals surface area contributed by atoms with E-state index in [0.717, 1.165) is 16.8 Å². The molecule has 1 aliphatic rings. The zero-order valence-electron chi connectivity index (χ0n) is 8.89. The molecule has 1 fully saturated rings. The van der Waals surface area contributed by atoms with Gasteiger partial charge in [0.1, 0.15) is 0 Å². The number of hydrogen-bond donors (Lipinski definition) is 0. The first-order chi connectivity index (χ1) is 7.12. The monoisotopic (exact) mass is 266 g/mol. The van der Waals surface area contributed by atoms with Crippen LogP contribution in [0.15, 0.2) is 11.4 Å². The van der Waals surface area contributed by atoms with Crippen LogP contribution in [0.5, 0.6) is 0 Å². The van der Waals surface area contributed by atoms with E-state index in [4.69, 9.17) is 4.74 Å². The summed E-state index contributed by atoms with van der Waals surface area (Å²) in [4.78, 5) is 11.3. The molecular weight excluding hydrogens is 251 g/mol. The van der Waals surface area contributed by atoms with Crippen molar-refractivity contribution < 1.29 is 14.1 Å². The molecule has 0 radical (unpaired) electrons. The maximum atomic E-state index is 12.3. The molecular formula is C9H15O3PS2. The Morgan fingerprint density at radius 3 is 2.53 bits per heavy atom. The molecule has 1 rings (SSSR count). The summed E-state index contributed by atoms with van der Waals surface area (Å²) in [6, 6.07) is 0. The minimum atomic E-state index is -2.36. The van der Waals surface area contributed by atoms with Crippen molar-refractivity contribution in [3.8, 4) is 0 Å². The lowest BCUT2D eigenvalue weighted by Crippen LogP contribution is -2.04. The average molecular weight is 266 g/mol. The van der Waals surface area contributed by atoms with Gasteiger partial charge in [0.25, 0.3) is 0 Å². The summed E-state index contributed by atoms with van der Waals surface area (Å²) in [6.45, 7) is 3.97. The molecule has 0 aromatic heterocycles. The third-order valence-electron chi connectivity index (χ3n) is 1.92. The number of carbonyl (C=O) groups is 1. The van der Waals surface area contributed by atoms with Gasteiger partial charge in [0, 0.05) is 16.8 Å². The fraction of sp³-hybridized carbons (Fsp3) is 0.667. The van der Waals surface area contributed by atoms with Crippen molar-refractivity contribution in [2.45, 2.75) is 20.3 Å². The number of hydrogen-bond acceptors (Lipinski definition) is 5. The minimum absolute atomic E-state index is 0.168. The summed E-state index contributed by atoms with van der Waals surface area (Å²) in [5, 5.41) is 0.744. The third kappa shape index (κ3) is 3.58. The van der Waals surface area contributed by atoms with E-state index in [0.29, 0.717) is 6.61 Å². The second kappa shape index (κ2) is 6.02. The van der Waals surface area contributed by atoms with Crippen molar-refractivity contribution in [1.29, 1.82) is 0 Å². The van der Waals surface area contributed by atoms with E-state index in [-0.39, 0.29) is 12.4 Å². The molecule has 0 unspecified atom stereocenters. The van der Waals surface area contributed by atoms with Crippen molar-refractivity contribution in [3.05, 3.63) is 11.4 Å². The lowest BCUT2D eigenvalue weighted by molar-refractivity contribution is -0.142. The SMILES string of the molecule is C/C=C(/CC(=O)OCC)P1(=O)SCCS1. The van der Waals surface area contributed by atoms with Crippen LogP contribution in [0.4, 0.5) is 0 Å². The molecule has 1 saturated heterocycles. The van der Waals surface area contributed by atoms with Crippen LogP contribution in [0.2, 0.25) is 0 Å². The van der Waals surface area contributed by atoms with Crippen LogP contribution in [-0.4, -0.2) is 24.1 Å². The second-order valence-electron chi connectivity index (χ2n) is 2.93. The van der Waals surface area contributed by atoms with Gasteiger partial charge < -0.3 is 4.74 Å². The topological polar surface area (TPSA) is 43.4 Å². The van der Waals surface area contributed by atoms with E-state index in [1.807, 2.05) is 6.92 Å². The molecule has 0 N–H and O–H groups in total. The fourth-order valence-electron chi connectivity index (χ4n) is 1.23. The van der Waals surface area contributed by atoms with Gasteiger partial charge in [-0.2, -0.15) is 0 Å². The zero-order chi connectivity index (χ0) is 11.3. The molecule has 0 spiro atoms. The van der Waals surface area contributed by atoms with Crippen LogP contribution in [0.1, 0.15) is 20.3 Å². The van der Waals surface area contributed by atoms with Crippen LogP contribution in [0, 0.1) is 0 Å². The summed E-state index contributed by atoms with van der Waals surface area (Å²) in [6.07, 6.45) is 1.96. The Morgan fingerprint density at radius 1 is 1.47 bits per heavy atom. The molecule has 1 aliphatic heterocycles. The van der Waals surface area contributed by atoms with Gasteiger partial charge in [0.2, 0.25) is 5.55 Å². The third-order valence-corrected chi connectivity index (χ3v) is 11.2. The van der Waals surface area contributed by atoms with Crippen LogP contribution in [0.3, 0.4) is 0 Å². The van der Waals surface area contributed by atoms with Crippen molar-refractivity contribution in [2.75, 3.05) is 18.1 Å². The smallest absolute Gasteiger partial charge is 0.310 e. The van der Waals surface area contributed by atoms with Gasteiger partial charge in [-0.05, 0) is 13.8 Å². The first-order valence-electron chi connectivity index (χ1n) is 4.83. The molecule has 6 heteroatoms. The maximum absolute atomic E-state index is 12.3. The molecule has 0 saturated carbocycles. The van der Waals surface area contributed by atoms with E-state index in [1.165, 1.54) is 22.8 Å². The number of carbonyl (C=O) groups excluding carboxylic acids is 1. The van der Waals surface area contributed by atoms with Crippen LogP contribution in [0.25, 0.3) is 0 Å². The van der Waals surface area contributed by atoms with E-state index in [2.05, 4.69) is 0 Å². The minimum Gasteiger partial charge on any atom is -0.466 e. The standard InChI is InChI=1S/C9H15O3PS2/c1-3-8(7-9(10)12-4-2)13(11)14-5-6-15-13/h3H,4-7H2,1-2H3/b8-3-. The highest BCUT2D eigenvalue weighted by atomic mass is 33.1.